The molecule has 0 spiro atoms. The molecular formula is C41H68N2O40P2-4. The number of phosphoric ester groups is 1. The van der Waals surface area contributed by atoms with Gasteiger partial charge in [0.2, 0.25) is 5.91 Å². The predicted molar refractivity (Wildman–Crippen MR) is 244 cm³/mol. The van der Waals surface area contributed by atoms with Crippen LogP contribution >= 0.6 is 16.5 Å². The Labute approximate surface area is 479 Å². The van der Waals surface area contributed by atoms with Crippen LogP contribution in [-0.4, -0.2) is 342 Å². The Bertz CT molecular complexity index is 2080. The molecule has 6 saturated heterocycles. The van der Waals surface area contributed by atoms with Crippen molar-refractivity contribution in [3.63, 3.8) is 0 Å². The Morgan fingerprint density at radius 1 is 0.471 bits per heavy atom. The fourth-order valence-electron chi connectivity index (χ4n) is 9.14. The molecule has 0 aromatic carbocycles. The van der Waals surface area contributed by atoms with E-state index in [2.05, 4.69) is 19.6 Å². The zero-order valence-electron chi connectivity index (χ0n) is 43.6. The molecule has 6 aliphatic rings. The third kappa shape index (κ3) is 19.0. The monoisotopic (exact) mass is 1290 g/mol. The highest BCUT2D eigenvalue weighted by atomic mass is 31.2. The second kappa shape index (κ2) is 33.9. The molecule has 0 aromatic rings. The fraction of sp³-hybridized carbons (Fsp3) is 0.951. The largest absolute Gasteiger partial charge is 0.790 e. The summed E-state index contributed by atoms with van der Waals surface area (Å²) in [6.07, 6.45) is -61.8. The van der Waals surface area contributed by atoms with Crippen LogP contribution in [0.15, 0.2) is 0 Å². The summed E-state index contributed by atoms with van der Waals surface area (Å²) in [6, 6.07) is 0. The topological polar surface area (TPSA) is 681 Å². The first-order valence-corrected chi connectivity index (χ1v) is 27.4. The SMILES string of the molecule is NOCC(=O)CNC(=O)CO[C@@H]1OC(CO[C@H]2OC(CO[C@H]3OC(CO)[C@@H](O)[C@H](O)C3O[C@@H]3OC(CO[O-])[C@@H](O)[C@H](O)C3O)[C@@H](O)[C@H](O)C2O)[C@@H](O)[C@H](O[C@@H]2OC(CO)[C@@H](O)[C@H](O)C2O[C@H]2OC(COP(=O)([O-])[O-])[C@@H](O)[C@H](O)C2O)C1O.O=P[O-]. The maximum Gasteiger partial charge on any atom is 0.246 e. The van der Waals surface area contributed by atoms with Crippen LogP contribution < -0.4 is 31.2 Å². The van der Waals surface area contributed by atoms with Gasteiger partial charge in [0.05, 0.1) is 62.7 Å². The Kier molecular flexibility index (Phi) is 29.4. The summed E-state index contributed by atoms with van der Waals surface area (Å²) in [5.41, 5.74) is 0. The highest BCUT2D eigenvalue weighted by Gasteiger charge is 2.56. The number of carbonyl (C=O) groups is 2. The van der Waals surface area contributed by atoms with Crippen molar-refractivity contribution < 1.29 is 197 Å². The van der Waals surface area contributed by atoms with Gasteiger partial charge in [-0.05, 0) is 0 Å². The van der Waals surface area contributed by atoms with Crippen molar-refractivity contribution in [2.24, 2.45) is 5.90 Å². The van der Waals surface area contributed by atoms with Crippen molar-refractivity contribution in [3.8, 4) is 0 Å². The minimum absolute atomic E-state index is 0.617. The van der Waals surface area contributed by atoms with Gasteiger partial charge >= 0.3 is 0 Å². The lowest BCUT2D eigenvalue weighted by molar-refractivity contribution is -0.692. The summed E-state index contributed by atoms with van der Waals surface area (Å²) in [6.45, 7) is -8.45. The second-order valence-corrected chi connectivity index (χ2v) is 20.8. The van der Waals surface area contributed by atoms with E-state index < -0.39 is 272 Å². The third-order valence-electron chi connectivity index (χ3n) is 13.8. The highest BCUT2D eigenvalue weighted by molar-refractivity contribution is 7.43. The Morgan fingerprint density at radius 2 is 0.847 bits per heavy atom. The molecule has 0 radical (unpaired) electrons. The van der Waals surface area contributed by atoms with Crippen LogP contribution in [0.2, 0.25) is 0 Å². The number of amides is 1. The van der Waals surface area contributed by atoms with Crippen LogP contribution in [0.5, 0.6) is 0 Å². The minimum atomic E-state index is -5.74. The average Bonchev–Trinajstić information content (AvgIpc) is 1.72. The molecule has 0 aliphatic carbocycles. The molecule has 42 nitrogen and oxygen atoms in total. The number of phosphoric acid groups is 1. The van der Waals surface area contributed by atoms with Gasteiger partial charge < -0.3 is 183 Å². The second-order valence-electron chi connectivity index (χ2n) is 19.5. The van der Waals surface area contributed by atoms with Crippen molar-refractivity contribution in [1.82, 2.24) is 5.32 Å². The quantitative estimate of drug-likeness (QED) is 0.0217. The van der Waals surface area contributed by atoms with Crippen molar-refractivity contribution >= 4 is 28.2 Å². The molecule has 20 N–H and O–H groups in total. The summed E-state index contributed by atoms with van der Waals surface area (Å²) in [5, 5.41) is 196. The Hall–Kier alpha value is -2.01. The standard InChI is InChI=1S/C41H71N2O38P.HO2P/c42-70-4-10(46)1-43-17(47)9-69-37-32(62)33(79-41-35(28(58)19(49)12(3-45)74-41)81-39-31(61)26(56)22(52)16(78-39)8-72-82(64,65)66)23(53)14(76-37)6-67-36-29(59)24(54)20(50)13(75-36)5-68-40-34(27(57)18(48)11(2-44)73-40)80-38-30(60)25(55)21(51)15(77-38)7-71-63;1-3-2/h11-16,18-41,44-45,48-63H,1-9,42H2,(H,43,47)(H2,64,65,66);(H,1,2)/p-4/t11?,12?,13?,14?,15?,16?,18-,19-,20-,21-,22-,23-,24+,25+,26+,27+,28+,29?,30?,31?,32?,33+,34?,35?,36+,37-,38+,39-,40+,41+;/m1./s1. The Morgan fingerprint density at radius 3 is 1.32 bits per heavy atom. The number of hydrogen-bond acceptors (Lipinski definition) is 41. The lowest BCUT2D eigenvalue weighted by Crippen LogP contribution is -2.67. The number of carbonyl (C=O) groups excluding carboxylic acids is 2. The lowest BCUT2D eigenvalue weighted by Gasteiger charge is -2.49. The van der Waals surface area contributed by atoms with E-state index in [-0.39, 0.29) is 0 Å². The van der Waals surface area contributed by atoms with Gasteiger partial charge in [0.25, 0.3) is 0 Å². The number of hydrogen-bond donors (Lipinski definition) is 19. The van der Waals surface area contributed by atoms with Crippen LogP contribution in [0, 0.1) is 0 Å². The van der Waals surface area contributed by atoms with Crippen molar-refractivity contribution in [1.29, 1.82) is 0 Å². The summed E-state index contributed by atoms with van der Waals surface area (Å²) in [4.78, 5) is 63.2. The number of rotatable bonds is 26. The molecule has 1 amide bonds. The first kappa shape index (κ1) is 73.7. The molecular weight excluding hydrogens is 1220 g/mol. The van der Waals surface area contributed by atoms with Gasteiger partial charge in [-0.2, -0.15) is 0 Å². The molecule has 6 rings (SSSR count). The summed E-state index contributed by atoms with van der Waals surface area (Å²) >= 11 is 0. The molecule has 0 saturated carbocycles. The summed E-state index contributed by atoms with van der Waals surface area (Å²) < 4.78 is 90.8. The van der Waals surface area contributed by atoms with Crippen LogP contribution in [0.4, 0.5) is 0 Å². The van der Waals surface area contributed by atoms with Crippen LogP contribution in [0.1, 0.15) is 0 Å². The van der Waals surface area contributed by atoms with Gasteiger partial charge in [-0.1, -0.05) is 0 Å². The van der Waals surface area contributed by atoms with Gasteiger partial charge in [-0.3, -0.25) is 19.0 Å². The number of ether oxygens (including phenoxy) is 12. The maximum absolute atomic E-state index is 12.7. The number of nitrogens with two attached hydrogens (primary N) is 1. The van der Waals surface area contributed by atoms with Gasteiger partial charge in [-0.15, -0.1) is 0 Å². The molecule has 6 fully saturated rings. The average molecular weight is 1290 g/mol. The number of Topliss-reactive ketones (excluding diaryl/α,β-unsaturated/α-hetero) is 1. The van der Waals surface area contributed by atoms with Crippen molar-refractivity contribution in [2.75, 3.05) is 59.4 Å². The molecule has 6 heterocycles. The number of nitrogens with one attached hydrogen (secondary N) is 1. The minimum Gasteiger partial charge on any atom is -0.790 e. The first-order valence-electron chi connectivity index (χ1n) is 25.2. The molecule has 44 heteroatoms. The molecule has 0 aromatic heterocycles. The van der Waals surface area contributed by atoms with E-state index in [1.807, 2.05) is 0 Å². The predicted octanol–water partition coefficient (Wildman–Crippen LogP) is -17.8. The number of ketones is 1. The third-order valence-corrected chi connectivity index (χ3v) is 14.2. The van der Waals surface area contributed by atoms with Crippen molar-refractivity contribution in [3.05, 3.63) is 0 Å². The zero-order valence-corrected chi connectivity index (χ0v) is 45.4. The van der Waals surface area contributed by atoms with E-state index in [4.69, 9.17) is 72.2 Å². The lowest BCUT2D eigenvalue weighted by atomic mass is 9.96. The van der Waals surface area contributed by atoms with Gasteiger partial charge in [0.15, 0.2) is 43.5 Å². The fourth-order valence-corrected chi connectivity index (χ4v) is 9.46. The molecule has 30 atom stereocenters. The molecule has 85 heavy (non-hydrogen) atoms. The smallest absolute Gasteiger partial charge is 0.246 e. The van der Waals surface area contributed by atoms with Gasteiger partial charge in [0.1, 0.15) is 160 Å². The van der Waals surface area contributed by atoms with Gasteiger partial charge in [-0.25, -0.2) is 5.90 Å². The van der Waals surface area contributed by atoms with E-state index >= 15 is 0 Å². The van der Waals surface area contributed by atoms with Crippen LogP contribution in [0.25, 0.3) is 0 Å². The number of aliphatic hydroxyl groups excluding tert-OH is 17. The van der Waals surface area contributed by atoms with Crippen LogP contribution in [-0.2, 0) is 89.8 Å². The van der Waals surface area contributed by atoms with Crippen molar-refractivity contribution in [2.45, 2.75) is 184 Å². The van der Waals surface area contributed by atoms with E-state index in [0.29, 0.717) is 0 Å². The molecule has 12 unspecified atom stereocenters. The molecule has 496 valence electrons. The van der Waals surface area contributed by atoms with Gasteiger partial charge in [0, 0.05) is 0 Å². The maximum atomic E-state index is 12.7. The van der Waals surface area contributed by atoms with E-state index in [9.17, 15) is 116 Å². The van der Waals surface area contributed by atoms with E-state index in [1.54, 1.807) is 0 Å². The molecule has 0 bridgehead atoms. The van der Waals surface area contributed by atoms with Crippen LogP contribution in [0.3, 0.4) is 0 Å². The zero-order chi connectivity index (χ0) is 63.4. The summed E-state index contributed by atoms with van der Waals surface area (Å²) in [5.74, 6) is 3.12. The Balaban J connectivity index is 0.00000431. The summed E-state index contributed by atoms with van der Waals surface area (Å²) in [7, 11) is -6.82. The first-order chi connectivity index (χ1) is 40.1. The highest BCUT2D eigenvalue weighted by Crippen LogP contribution is 2.36. The molecule has 6 aliphatic heterocycles. The normalized spacial score (nSPS) is 44.5. The van der Waals surface area contributed by atoms with E-state index in [1.165, 1.54) is 0 Å². The van der Waals surface area contributed by atoms with E-state index in [0.717, 1.165) is 0 Å². The number of aliphatic hydroxyl groups is 17.